The molecule has 6 heteroatoms. The van der Waals surface area contributed by atoms with Gasteiger partial charge in [-0.25, -0.2) is 4.98 Å². The molecule has 0 unspecified atom stereocenters. The van der Waals surface area contributed by atoms with Crippen LogP contribution in [0.3, 0.4) is 0 Å². The fourth-order valence-electron chi connectivity index (χ4n) is 2.43. The fourth-order valence-corrected chi connectivity index (χ4v) is 2.43. The highest BCUT2D eigenvalue weighted by Crippen LogP contribution is 2.25. The Labute approximate surface area is 119 Å². The molecule has 2 rings (SSSR count). The summed E-state index contributed by atoms with van der Waals surface area (Å²) in [6.45, 7) is 7.49. The Kier molecular flexibility index (Phi) is 3.36. The van der Waals surface area contributed by atoms with Gasteiger partial charge in [-0.15, -0.1) is 0 Å². The normalized spacial score (nSPS) is 20.9. The van der Waals surface area contributed by atoms with Crippen LogP contribution in [0, 0.1) is 0 Å². The average Bonchev–Trinajstić information content (AvgIpc) is 2.72. The van der Waals surface area contributed by atoms with Crippen LogP contribution in [0.1, 0.15) is 33.5 Å². The molecule has 6 nitrogen and oxygen atoms in total. The van der Waals surface area contributed by atoms with Crippen molar-refractivity contribution in [3.05, 3.63) is 18.2 Å². The van der Waals surface area contributed by atoms with E-state index >= 15 is 0 Å². The molecule has 1 aliphatic rings. The van der Waals surface area contributed by atoms with Gasteiger partial charge in [-0.1, -0.05) is 0 Å². The topological polar surface area (TPSA) is 67.2 Å². The van der Waals surface area contributed by atoms with Gasteiger partial charge in [0, 0.05) is 32.4 Å². The molecule has 0 aliphatic carbocycles. The minimum Gasteiger partial charge on any atom is -0.340 e. The van der Waals surface area contributed by atoms with Gasteiger partial charge in [0.1, 0.15) is 16.9 Å². The summed E-state index contributed by atoms with van der Waals surface area (Å²) in [6.07, 6.45) is 4.23. The maximum atomic E-state index is 12.5. The third kappa shape index (κ3) is 2.30. The zero-order valence-corrected chi connectivity index (χ0v) is 12.7. The van der Waals surface area contributed by atoms with E-state index in [1.807, 2.05) is 17.8 Å². The number of hydrogen-bond acceptors (Lipinski definition) is 3. The fraction of sp³-hybridized carbons (Fsp3) is 0.643. The van der Waals surface area contributed by atoms with Gasteiger partial charge < -0.3 is 14.8 Å². The van der Waals surface area contributed by atoms with E-state index < -0.39 is 11.1 Å². The molecular weight excluding hydrogens is 256 g/mol. The SMILES string of the molecule is Cn1ccnc1CCN1C(=O)C(C)(C)NC(=O)C1(C)C. The van der Waals surface area contributed by atoms with Crippen molar-refractivity contribution in [3.8, 4) is 0 Å². The summed E-state index contributed by atoms with van der Waals surface area (Å²) in [6, 6.07) is 0. The Bertz CT molecular complexity index is 545. The van der Waals surface area contributed by atoms with Gasteiger partial charge in [0.15, 0.2) is 0 Å². The van der Waals surface area contributed by atoms with Gasteiger partial charge in [-0.05, 0) is 27.7 Å². The number of aryl methyl sites for hydroxylation is 1. The second kappa shape index (κ2) is 4.61. The largest absolute Gasteiger partial charge is 0.340 e. The first-order valence-corrected chi connectivity index (χ1v) is 6.77. The molecule has 1 aliphatic heterocycles. The first-order chi connectivity index (χ1) is 9.16. The van der Waals surface area contributed by atoms with Crippen molar-refractivity contribution in [3.63, 3.8) is 0 Å². The molecule has 0 saturated carbocycles. The van der Waals surface area contributed by atoms with Crippen LogP contribution in [0.5, 0.6) is 0 Å². The highest BCUT2D eigenvalue weighted by Gasteiger charge is 2.49. The zero-order chi connectivity index (χ0) is 15.1. The third-order valence-electron chi connectivity index (χ3n) is 3.92. The van der Waals surface area contributed by atoms with Gasteiger partial charge in [-0.2, -0.15) is 0 Å². The van der Waals surface area contributed by atoms with E-state index in [1.165, 1.54) is 0 Å². The third-order valence-corrected chi connectivity index (χ3v) is 3.92. The smallest absolute Gasteiger partial charge is 0.248 e. The van der Waals surface area contributed by atoms with Crippen molar-refractivity contribution in [1.29, 1.82) is 0 Å². The predicted molar refractivity (Wildman–Crippen MR) is 74.9 cm³/mol. The van der Waals surface area contributed by atoms with Gasteiger partial charge >= 0.3 is 0 Å². The van der Waals surface area contributed by atoms with Crippen LogP contribution < -0.4 is 5.32 Å². The average molecular weight is 278 g/mol. The number of rotatable bonds is 3. The van der Waals surface area contributed by atoms with Crippen LogP contribution in [0.4, 0.5) is 0 Å². The quantitative estimate of drug-likeness (QED) is 0.874. The number of piperazine rings is 1. The van der Waals surface area contributed by atoms with Crippen LogP contribution in [0.15, 0.2) is 12.4 Å². The molecule has 110 valence electrons. The van der Waals surface area contributed by atoms with E-state index in [2.05, 4.69) is 10.3 Å². The number of aromatic nitrogens is 2. The molecule has 1 fully saturated rings. The summed E-state index contributed by atoms with van der Waals surface area (Å²) in [5.74, 6) is 0.718. The van der Waals surface area contributed by atoms with Crippen molar-refractivity contribution in [1.82, 2.24) is 19.8 Å². The van der Waals surface area contributed by atoms with Crippen molar-refractivity contribution in [2.24, 2.45) is 7.05 Å². The summed E-state index contributed by atoms with van der Waals surface area (Å²) >= 11 is 0. The molecular formula is C14H22N4O2. The maximum Gasteiger partial charge on any atom is 0.248 e. The van der Waals surface area contributed by atoms with E-state index in [0.29, 0.717) is 13.0 Å². The lowest BCUT2D eigenvalue weighted by Gasteiger charge is -2.47. The lowest BCUT2D eigenvalue weighted by atomic mass is 9.89. The zero-order valence-electron chi connectivity index (χ0n) is 12.7. The van der Waals surface area contributed by atoms with Gasteiger partial charge in [0.2, 0.25) is 11.8 Å². The number of hydrogen-bond donors (Lipinski definition) is 1. The minimum absolute atomic E-state index is 0.0590. The van der Waals surface area contributed by atoms with E-state index in [1.54, 1.807) is 38.8 Å². The van der Waals surface area contributed by atoms with E-state index in [4.69, 9.17) is 0 Å². The lowest BCUT2D eigenvalue weighted by Crippen LogP contribution is -2.72. The molecule has 1 saturated heterocycles. The summed E-state index contributed by atoms with van der Waals surface area (Å²) in [5, 5.41) is 2.78. The number of carbonyl (C=O) groups is 2. The Morgan fingerprint density at radius 1 is 1.25 bits per heavy atom. The van der Waals surface area contributed by atoms with Crippen LogP contribution in [0.2, 0.25) is 0 Å². The van der Waals surface area contributed by atoms with Gasteiger partial charge in [0.25, 0.3) is 0 Å². The van der Waals surface area contributed by atoms with Crippen molar-refractivity contribution < 1.29 is 9.59 Å². The molecule has 0 bridgehead atoms. The summed E-state index contributed by atoms with van der Waals surface area (Å²) in [5.41, 5.74) is -1.69. The summed E-state index contributed by atoms with van der Waals surface area (Å²) in [4.78, 5) is 30.6. The van der Waals surface area contributed by atoms with E-state index in [-0.39, 0.29) is 11.8 Å². The molecule has 1 N–H and O–H groups in total. The molecule has 0 spiro atoms. The van der Waals surface area contributed by atoms with Crippen molar-refractivity contribution >= 4 is 11.8 Å². The molecule has 0 aromatic carbocycles. The lowest BCUT2D eigenvalue weighted by molar-refractivity contribution is -0.159. The highest BCUT2D eigenvalue weighted by atomic mass is 16.2. The number of nitrogens with one attached hydrogen (secondary N) is 1. The molecule has 2 heterocycles. The molecule has 0 radical (unpaired) electrons. The molecule has 20 heavy (non-hydrogen) atoms. The maximum absolute atomic E-state index is 12.5. The molecule has 1 aromatic rings. The Morgan fingerprint density at radius 2 is 1.90 bits per heavy atom. The first-order valence-electron chi connectivity index (χ1n) is 6.77. The van der Waals surface area contributed by atoms with Crippen LogP contribution in [-0.4, -0.2) is 43.9 Å². The number of imidazole rings is 1. The summed E-state index contributed by atoms with van der Waals surface area (Å²) < 4.78 is 1.92. The van der Waals surface area contributed by atoms with Crippen molar-refractivity contribution in [2.75, 3.05) is 6.54 Å². The number of nitrogens with zero attached hydrogens (tertiary/aromatic N) is 3. The van der Waals surface area contributed by atoms with E-state index in [0.717, 1.165) is 5.82 Å². The second-order valence-corrected chi connectivity index (χ2v) is 6.30. The summed E-state index contributed by atoms with van der Waals surface area (Å²) in [7, 11) is 1.92. The first kappa shape index (κ1) is 14.6. The molecule has 1 aromatic heterocycles. The van der Waals surface area contributed by atoms with Crippen LogP contribution in [0.25, 0.3) is 0 Å². The second-order valence-electron chi connectivity index (χ2n) is 6.30. The number of carbonyl (C=O) groups excluding carboxylic acids is 2. The molecule has 0 atom stereocenters. The van der Waals surface area contributed by atoms with Gasteiger partial charge in [0.05, 0.1) is 0 Å². The van der Waals surface area contributed by atoms with Crippen molar-refractivity contribution in [2.45, 2.75) is 45.2 Å². The Morgan fingerprint density at radius 3 is 2.45 bits per heavy atom. The number of amides is 2. The minimum atomic E-state index is -0.853. The van der Waals surface area contributed by atoms with Crippen LogP contribution >= 0.6 is 0 Å². The Hall–Kier alpha value is -1.85. The van der Waals surface area contributed by atoms with E-state index in [9.17, 15) is 9.59 Å². The van der Waals surface area contributed by atoms with Gasteiger partial charge in [-0.3, -0.25) is 9.59 Å². The standard InChI is InChI=1S/C14H22N4O2/c1-13(2)12(20)18(14(3,4)11(19)16-13)8-6-10-15-7-9-17(10)5/h7,9H,6,8H2,1-5H3,(H,16,19). The molecule has 2 amide bonds. The monoisotopic (exact) mass is 278 g/mol. The van der Waals surface area contributed by atoms with Crippen LogP contribution in [-0.2, 0) is 23.1 Å². The highest BCUT2D eigenvalue weighted by molar-refractivity contribution is 6.01. The predicted octanol–water partition coefficient (Wildman–Crippen LogP) is 0.478. The Balaban J connectivity index is 2.20.